The maximum atomic E-state index is 15.2. The molecule has 0 aromatic heterocycles. The van der Waals surface area contributed by atoms with Gasteiger partial charge in [0.2, 0.25) is 0 Å². The molecule has 0 spiro atoms. The van der Waals surface area contributed by atoms with Gasteiger partial charge in [-0.25, -0.2) is 0 Å². The number of nitrogen functional groups attached to an aromatic ring is 2. The Hall–Kier alpha value is -2.64. The predicted octanol–water partition coefficient (Wildman–Crippen LogP) is 5.66. The number of rotatable bonds is 9. The first kappa shape index (κ1) is 23.6. The van der Waals surface area contributed by atoms with E-state index in [9.17, 15) is 0 Å². The van der Waals surface area contributed by atoms with Crippen molar-refractivity contribution in [3.05, 3.63) is 46.5 Å². The molecule has 0 saturated heterocycles. The number of aryl methyl sites for hydroxylation is 2. The second-order valence-corrected chi connectivity index (χ2v) is 7.15. The molecular weight excluding hydrogens is 400 g/mol. The molecule has 30 heavy (non-hydrogen) atoms. The van der Waals surface area contributed by atoms with E-state index in [1.807, 2.05) is 13.8 Å². The highest BCUT2D eigenvalue weighted by Crippen LogP contribution is 2.52. The van der Waals surface area contributed by atoms with Crippen molar-refractivity contribution >= 4 is 11.4 Å². The summed E-state index contributed by atoms with van der Waals surface area (Å²) in [6, 6.07) is 3.78. The fraction of sp³-hybridized carbons (Fsp3) is 0.455. The van der Waals surface area contributed by atoms with E-state index in [0.29, 0.717) is 36.8 Å². The van der Waals surface area contributed by atoms with Crippen molar-refractivity contribution in [2.75, 3.05) is 25.7 Å². The summed E-state index contributed by atoms with van der Waals surface area (Å²) in [5.74, 6) is -9.18. The molecule has 4 N–H and O–H groups in total. The molecule has 166 valence electrons. The summed E-state index contributed by atoms with van der Waals surface area (Å²) >= 11 is 0. The SMILES string of the molecule is CCCc1cc(C(F)(F)C(F)(F)c2cc(CCC)c(N)c(OC)c2)cc(OC)c1N. The Kier molecular flexibility index (Phi) is 7.10. The quantitative estimate of drug-likeness (QED) is 0.400. The Labute approximate surface area is 174 Å². The lowest BCUT2D eigenvalue weighted by Gasteiger charge is -2.29. The minimum absolute atomic E-state index is 0.0621. The van der Waals surface area contributed by atoms with Crippen molar-refractivity contribution in [1.82, 2.24) is 0 Å². The third kappa shape index (κ3) is 4.13. The Morgan fingerprint density at radius 1 is 0.700 bits per heavy atom. The Bertz CT molecular complexity index is 828. The third-order valence-electron chi connectivity index (χ3n) is 5.05. The van der Waals surface area contributed by atoms with E-state index in [4.69, 9.17) is 20.9 Å². The molecular formula is C22H28F4N2O2. The zero-order chi connectivity index (χ0) is 22.7. The first-order chi connectivity index (χ1) is 14.0. The molecule has 8 heteroatoms. The van der Waals surface area contributed by atoms with Gasteiger partial charge in [0.25, 0.3) is 0 Å². The minimum Gasteiger partial charge on any atom is -0.495 e. The van der Waals surface area contributed by atoms with Crippen molar-refractivity contribution in [1.29, 1.82) is 0 Å². The van der Waals surface area contributed by atoms with Crippen LogP contribution >= 0.6 is 0 Å². The van der Waals surface area contributed by atoms with E-state index in [0.717, 1.165) is 24.3 Å². The monoisotopic (exact) mass is 428 g/mol. The van der Waals surface area contributed by atoms with Crippen LogP contribution in [0.3, 0.4) is 0 Å². The first-order valence-electron chi connectivity index (χ1n) is 9.74. The maximum Gasteiger partial charge on any atom is 0.339 e. The molecule has 0 heterocycles. The van der Waals surface area contributed by atoms with Crippen LogP contribution in [0.25, 0.3) is 0 Å². The molecule has 4 nitrogen and oxygen atoms in total. The highest BCUT2D eigenvalue weighted by atomic mass is 19.3. The van der Waals surface area contributed by atoms with Gasteiger partial charge in [0.15, 0.2) is 0 Å². The van der Waals surface area contributed by atoms with E-state index in [1.165, 1.54) is 14.2 Å². The second-order valence-electron chi connectivity index (χ2n) is 7.15. The van der Waals surface area contributed by atoms with Crippen LogP contribution in [0.15, 0.2) is 24.3 Å². The van der Waals surface area contributed by atoms with Crippen LogP contribution in [-0.2, 0) is 24.7 Å². The molecule has 0 aliphatic heterocycles. The molecule has 2 aromatic rings. The van der Waals surface area contributed by atoms with Gasteiger partial charge in [0, 0.05) is 11.1 Å². The lowest BCUT2D eigenvalue weighted by Crippen LogP contribution is -2.36. The molecule has 0 bridgehead atoms. The van der Waals surface area contributed by atoms with Crippen LogP contribution in [0.5, 0.6) is 11.5 Å². The van der Waals surface area contributed by atoms with Crippen molar-refractivity contribution < 1.29 is 27.0 Å². The summed E-state index contributed by atoms with van der Waals surface area (Å²) in [5.41, 5.74) is 11.1. The summed E-state index contributed by atoms with van der Waals surface area (Å²) in [5, 5.41) is 0. The predicted molar refractivity (Wildman–Crippen MR) is 111 cm³/mol. The Balaban J connectivity index is 2.66. The van der Waals surface area contributed by atoms with Crippen LogP contribution in [-0.4, -0.2) is 14.2 Å². The molecule has 0 unspecified atom stereocenters. The van der Waals surface area contributed by atoms with Crippen LogP contribution in [0.1, 0.15) is 48.9 Å². The second kappa shape index (κ2) is 9.02. The van der Waals surface area contributed by atoms with Crippen molar-refractivity contribution in [3.8, 4) is 11.5 Å². The summed E-state index contributed by atoms with van der Waals surface area (Å²) < 4.78 is 71.0. The number of halogens is 4. The van der Waals surface area contributed by atoms with Crippen molar-refractivity contribution in [3.63, 3.8) is 0 Å². The van der Waals surface area contributed by atoms with Gasteiger partial charge in [-0.05, 0) is 48.2 Å². The third-order valence-corrected chi connectivity index (χ3v) is 5.05. The number of hydrogen-bond donors (Lipinski definition) is 2. The van der Waals surface area contributed by atoms with E-state index >= 15 is 17.6 Å². The molecule has 2 rings (SSSR count). The fourth-order valence-electron chi connectivity index (χ4n) is 3.38. The molecule has 0 fully saturated rings. The average molecular weight is 428 g/mol. The van der Waals surface area contributed by atoms with Gasteiger partial charge < -0.3 is 20.9 Å². The highest BCUT2D eigenvalue weighted by molar-refractivity contribution is 5.63. The number of nitrogens with two attached hydrogens (primary N) is 2. The van der Waals surface area contributed by atoms with Crippen LogP contribution in [0.2, 0.25) is 0 Å². The summed E-state index contributed by atoms with van der Waals surface area (Å²) in [4.78, 5) is 0. The largest absolute Gasteiger partial charge is 0.495 e. The minimum atomic E-state index is -4.53. The van der Waals surface area contributed by atoms with Gasteiger partial charge in [-0.15, -0.1) is 0 Å². The van der Waals surface area contributed by atoms with Gasteiger partial charge >= 0.3 is 11.8 Å². The van der Waals surface area contributed by atoms with E-state index in [2.05, 4.69) is 0 Å². The molecule has 0 aliphatic rings. The molecule has 0 aliphatic carbocycles. The lowest BCUT2D eigenvalue weighted by atomic mass is 9.91. The van der Waals surface area contributed by atoms with Gasteiger partial charge in [0.05, 0.1) is 25.6 Å². The number of methoxy groups -OCH3 is 2. The zero-order valence-corrected chi connectivity index (χ0v) is 17.6. The smallest absolute Gasteiger partial charge is 0.339 e. The van der Waals surface area contributed by atoms with Gasteiger partial charge in [-0.1, -0.05) is 26.7 Å². The normalized spacial score (nSPS) is 12.1. The lowest BCUT2D eigenvalue weighted by molar-refractivity contribution is -0.224. The van der Waals surface area contributed by atoms with Crippen molar-refractivity contribution in [2.45, 2.75) is 51.4 Å². The standard InChI is InChI=1S/C22H28F4N2O2/c1-5-7-13-9-15(11-17(29-3)19(13)27)21(23,24)22(25,26)16-10-14(8-6-2)20(28)18(12-16)30-4/h9-12H,5-8,27-28H2,1-4H3. The Morgan fingerprint density at radius 2 is 1.03 bits per heavy atom. The van der Waals surface area contributed by atoms with Crippen LogP contribution in [0.4, 0.5) is 28.9 Å². The van der Waals surface area contributed by atoms with E-state index in [-0.39, 0.29) is 22.9 Å². The number of anilines is 2. The number of ether oxygens (including phenoxy) is 2. The molecule has 2 aromatic carbocycles. The topological polar surface area (TPSA) is 70.5 Å². The van der Waals surface area contributed by atoms with Crippen LogP contribution in [0, 0.1) is 0 Å². The average Bonchev–Trinajstić information content (AvgIpc) is 2.70. The number of hydrogen-bond acceptors (Lipinski definition) is 4. The summed E-state index contributed by atoms with van der Waals surface area (Å²) in [7, 11) is 2.51. The van der Waals surface area contributed by atoms with Gasteiger partial charge in [-0.2, -0.15) is 17.6 Å². The van der Waals surface area contributed by atoms with Gasteiger partial charge in [-0.3, -0.25) is 0 Å². The van der Waals surface area contributed by atoms with E-state index < -0.39 is 23.0 Å². The van der Waals surface area contributed by atoms with E-state index in [1.54, 1.807) is 0 Å². The Morgan fingerprint density at radius 3 is 1.30 bits per heavy atom. The summed E-state index contributed by atoms with van der Waals surface area (Å²) in [6.07, 6.45) is 1.92. The maximum absolute atomic E-state index is 15.2. The molecule has 0 atom stereocenters. The van der Waals surface area contributed by atoms with Crippen LogP contribution < -0.4 is 20.9 Å². The molecule has 0 radical (unpaired) electrons. The van der Waals surface area contributed by atoms with Gasteiger partial charge in [0.1, 0.15) is 11.5 Å². The number of alkyl halides is 4. The van der Waals surface area contributed by atoms with Crippen molar-refractivity contribution in [2.24, 2.45) is 0 Å². The number of benzene rings is 2. The fourth-order valence-corrected chi connectivity index (χ4v) is 3.38. The first-order valence-corrected chi connectivity index (χ1v) is 9.74. The zero-order valence-electron chi connectivity index (χ0n) is 17.6. The molecule has 0 amide bonds. The highest BCUT2D eigenvalue weighted by Gasteiger charge is 2.59. The molecule has 0 saturated carbocycles. The summed E-state index contributed by atoms with van der Waals surface area (Å²) in [6.45, 7) is 3.67.